The van der Waals surface area contributed by atoms with Crippen molar-refractivity contribution in [2.24, 2.45) is 0 Å². The topological polar surface area (TPSA) is 30.5 Å². The maximum Gasteiger partial charge on any atom is 0.119 e. The second-order valence-corrected chi connectivity index (χ2v) is 4.51. The third-order valence-electron chi connectivity index (χ3n) is 2.83. The highest BCUT2D eigenvalue weighted by Gasteiger charge is 2.19. The van der Waals surface area contributed by atoms with Crippen molar-refractivity contribution in [3.05, 3.63) is 42.5 Å². The molecule has 0 saturated heterocycles. The zero-order valence-electron chi connectivity index (χ0n) is 10.7. The first-order valence-electron chi connectivity index (χ1n) is 6.52. The van der Waals surface area contributed by atoms with Crippen molar-refractivity contribution in [3.63, 3.8) is 0 Å². The van der Waals surface area contributed by atoms with Gasteiger partial charge < -0.3 is 14.8 Å². The molecule has 98 valence electrons. The van der Waals surface area contributed by atoms with Gasteiger partial charge in [-0.05, 0) is 30.5 Å². The van der Waals surface area contributed by atoms with Crippen molar-refractivity contribution < 1.29 is 9.47 Å². The normalized spacial score (nSPS) is 14.4. The summed E-state index contributed by atoms with van der Waals surface area (Å²) in [6.07, 6.45) is 4.39. The molecular formula is C15H21NO2. The molecule has 1 aromatic carbocycles. The predicted molar refractivity (Wildman–Crippen MR) is 72.8 cm³/mol. The number of nitrogens with one attached hydrogen (secondary N) is 1. The molecule has 3 nitrogen and oxygen atoms in total. The van der Waals surface area contributed by atoms with Crippen molar-refractivity contribution in [2.45, 2.75) is 25.4 Å². The van der Waals surface area contributed by atoms with E-state index in [1.54, 1.807) is 6.08 Å². The quantitative estimate of drug-likeness (QED) is 0.537. The fourth-order valence-electron chi connectivity index (χ4n) is 1.64. The summed E-state index contributed by atoms with van der Waals surface area (Å²) in [6.45, 7) is 6.29. The SMILES string of the molecule is C=CCOCCOc1ccc(CNC2CC2)cc1. The number of hydrogen-bond acceptors (Lipinski definition) is 3. The lowest BCUT2D eigenvalue weighted by Crippen LogP contribution is -2.15. The molecule has 0 atom stereocenters. The summed E-state index contributed by atoms with van der Waals surface area (Å²) in [6, 6.07) is 8.99. The second-order valence-electron chi connectivity index (χ2n) is 4.51. The first-order valence-corrected chi connectivity index (χ1v) is 6.52. The van der Waals surface area contributed by atoms with Crippen LogP contribution in [0.25, 0.3) is 0 Å². The lowest BCUT2D eigenvalue weighted by atomic mass is 10.2. The smallest absolute Gasteiger partial charge is 0.119 e. The Kier molecular flexibility index (Phi) is 5.24. The Balaban J connectivity index is 1.64. The van der Waals surface area contributed by atoms with E-state index < -0.39 is 0 Å². The lowest BCUT2D eigenvalue weighted by molar-refractivity contribution is 0.121. The van der Waals surface area contributed by atoms with Crippen LogP contribution in [0.4, 0.5) is 0 Å². The maximum atomic E-state index is 5.57. The largest absolute Gasteiger partial charge is 0.491 e. The summed E-state index contributed by atoms with van der Waals surface area (Å²) in [5, 5.41) is 3.49. The van der Waals surface area contributed by atoms with Crippen LogP contribution in [0.3, 0.4) is 0 Å². The van der Waals surface area contributed by atoms with Gasteiger partial charge in [0.1, 0.15) is 12.4 Å². The third kappa shape index (κ3) is 4.90. The molecule has 0 amide bonds. The second kappa shape index (κ2) is 7.19. The van der Waals surface area contributed by atoms with Crippen molar-refractivity contribution in [1.82, 2.24) is 5.32 Å². The first kappa shape index (κ1) is 13.1. The van der Waals surface area contributed by atoms with E-state index in [2.05, 4.69) is 24.0 Å². The lowest BCUT2D eigenvalue weighted by Gasteiger charge is -2.07. The Morgan fingerprint density at radius 1 is 1.22 bits per heavy atom. The molecule has 0 heterocycles. The number of benzene rings is 1. The average Bonchev–Trinajstić information content (AvgIpc) is 3.22. The van der Waals surface area contributed by atoms with E-state index in [9.17, 15) is 0 Å². The zero-order valence-corrected chi connectivity index (χ0v) is 10.7. The van der Waals surface area contributed by atoms with Crippen LogP contribution in [0.1, 0.15) is 18.4 Å². The molecule has 0 unspecified atom stereocenters. The van der Waals surface area contributed by atoms with Gasteiger partial charge in [0.2, 0.25) is 0 Å². The van der Waals surface area contributed by atoms with Gasteiger partial charge in [-0.15, -0.1) is 6.58 Å². The van der Waals surface area contributed by atoms with Crippen molar-refractivity contribution >= 4 is 0 Å². The first-order chi connectivity index (χ1) is 8.88. The molecule has 1 aliphatic rings. The van der Waals surface area contributed by atoms with Crippen LogP contribution in [0.2, 0.25) is 0 Å². The van der Waals surface area contributed by atoms with E-state index in [1.165, 1.54) is 18.4 Å². The third-order valence-corrected chi connectivity index (χ3v) is 2.83. The van der Waals surface area contributed by atoms with Gasteiger partial charge in [0.05, 0.1) is 13.2 Å². The van der Waals surface area contributed by atoms with Gasteiger partial charge in [-0.25, -0.2) is 0 Å². The minimum absolute atomic E-state index is 0.577. The maximum absolute atomic E-state index is 5.57. The van der Waals surface area contributed by atoms with E-state index in [4.69, 9.17) is 9.47 Å². The van der Waals surface area contributed by atoms with Crippen LogP contribution in [0, 0.1) is 0 Å². The molecule has 1 aromatic rings. The van der Waals surface area contributed by atoms with Crippen molar-refractivity contribution in [1.29, 1.82) is 0 Å². The predicted octanol–water partition coefficient (Wildman–Crippen LogP) is 2.52. The van der Waals surface area contributed by atoms with Gasteiger partial charge in [-0.3, -0.25) is 0 Å². The van der Waals surface area contributed by atoms with E-state index in [0.717, 1.165) is 18.3 Å². The summed E-state index contributed by atoms with van der Waals surface area (Å²) in [4.78, 5) is 0. The molecule has 2 rings (SSSR count). The molecule has 1 N–H and O–H groups in total. The van der Waals surface area contributed by atoms with Gasteiger partial charge in [-0.2, -0.15) is 0 Å². The van der Waals surface area contributed by atoms with Gasteiger partial charge in [0.15, 0.2) is 0 Å². The van der Waals surface area contributed by atoms with E-state index in [-0.39, 0.29) is 0 Å². The Hall–Kier alpha value is -1.32. The minimum Gasteiger partial charge on any atom is -0.491 e. The summed E-state index contributed by atoms with van der Waals surface area (Å²) in [5.74, 6) is 0.896. The highest BCUT2D eigenvalue weighted by atomic mass is 16.5. The molecule has 1 aliphatic carbocycles. The number of rotatable bonds is 9. The molecule has 0 bridgehead atoms. The van der Waals surface area contributed by atoms with Gasteiger partial charge >= 0.3 is 0 Å². The Morgan fingerprint density at radius 2 is 2.00 bits per heavy atom. The fraction of sp³-hybridized carbons (Fsp3) is 0.467. The van der Waals surface area contributed by atoms with Crippen LogP contribution >= 0.6 is 0 Å². The van der Waals surface area contributed by atoms with Crippen LogP contribution < -0.4 is 10.1 Å². The molecule has 3 heteroatoms. The van der Waals surface area contributed by atoms with Crippen molar-refractivity contribution in [2.75, 3.05) is 19.8 Å². The fourth-order valence-corrected chi connectivity index (χ4v) is 1.64. The van der Waals surface area contributed by atoms with Crippen molar-refractivity contribution in [3.8, 4) is 5.75 Å². The average molecular weight is 247 g/mol. The summed E-state index contributed by atoms with van der Waals surface area (Å²) < 4.78 is 10.8. The number of hydrogen-bond donors (Lipinski definition) is 1. The molecular weight excluding hydrogens is 226 g/mol. The minimum atomic E-state index is 0.577. The molecule has 1 fully saturated rings. The molecule has 0 aromatic heterocycles. The summed E-state index contributed by atoms with van der Waals surface area (Å²) in [7, 11) is 0. The van der Waals surface area contributed by atoms with Gasteiger partial charge in [-0.1, -0.05) is 18.2 Å². The van der Waals surface area contributed by atoms with Gasteiger partial charge in [0.25, 0.3) is 0 Å². The van der Waals surface area contributed by atoms with E-state index in [0.29, 0.717) is 19.8 Å². The molecule has 0 spiro atoms. The molecule has 1 saturated carbocycles. The Morgan fingerprint density at radius 3 is 2.67 bits per heavy atom. The summed E-state index contributed by atoms with van der Waals surface area (Å²) >= 11 is 0. The zero-order chi connectivity index (χ0) is 12.6. The van der Waals surface area contributed by atoms with Crippen LogP contribution in [-0.4, -0.2) is 25.9 Å². The number of ether oxygens (including phenoxy) is 2. The Bertz CT molecular complexity index is 357. The highest BCUT2D eigenvalue weighted by molar-refractivity contribution is 5.27. The standard InChI is InChI=1S/C15H21NO2/c1-2-9-17-10-11-18-15-7-3-13(4-8-15)12-16-14-5-6-14/h2-4,7-8,14,16H,1,5-6,9-12H2. The molecule has 0 radical (unpaired) electrons. The van der Waals surface area contributed by atoms with Gasteiger partial charge in [0, 0.05) is 12.6 Å². The Labute approximate surface area is 109 Å². The monoisotopic (exact) mass is 247 g/mol. The summed E-state index contributed by atoms with van der Waals surface area (Å²) in [5.41, 5.74) is 1.30. The van der Waals surface area contributed by atoms with Crippen LogP contribution in [0.5, 0.6) is 5.75 Å². The highest BCUT2D eigenvalue weighted by Crippen LogP contribution is 2.19. The molecule has 18 heavy (non-hydrogen) atoms. The van der Waals surface area contributed by atoms with Crippen LogP contribution in [0.15, 0.2) is 36.9 Å². The van der Waals surface area contributed by atoms with E-state index >= 15 is 0 Å². The van der Waals surface area contributed by atoms with Crippen LogP contribution in [-0.2, 0) is 11.3 Å². The van der Waals surface area contributed by atoms with E-state index in [1.807, 2.05) is 12.1 Å². The molecule has 0 aliphatic heterocycles.